The molecule has 37 heavy (non-hydrogen) atoms. The normalized spacial score (nSPS) is 11.9. The number of benzene rings is 3. The van der Waals surface area contributed by atoms with Gasteiger partial charge in [-0.2, -0.15) is 0 Å². The number of halogens is 2. The van der Waals surface area contributed by atoms with Crippen LogP contribution < -0.4 is 14.4 Å². The van der Waals surface area contributed by atoms with Crippen molar-refractivity contribution < 1.29 is 27.1 Å². The molecule has 0 radical (unpaired) electrons. The Morgan fingerprint density at radius 2 is 1.59 bits per heavy atom. The Bertz CT molecular complexity index is 1330. The molecule has 2 amide bonds. The smallest absolute Gasteiger partial charge is 0.264 e. The fraction of sp³-hybridized carbons (Fsp3) is 0.231. The van der Waals surface area contributed by atoms with E-state index in [2.05, 4.69) is 5.32 Å². The lowest BCUT2D eigenvalue weighted by Crippen LogP contribution is -2.50. The summed E-state index contributed by atoms with van der Waals surface area (Å²) in [5.74, 6) is -1.16. The molecule has 196 valence electrons. The molecule has 0 heterocycles. The van der Waals surface area contributed by atoms with E-state index in [9.17, 15) is 22.4 Å². The molecule has 3 aromatic carbocycles. The third-order valence-electron chi connectivity index (χ3n) is 5.72. The molecule has 0 saturated heterocycles. The summed E-state index contributed by atoms with van der Waals surface area (Å²) in [6, 6.07) is 16.3. The standard InChI is InChI=1S/C26H27ClFN3O5S/c1-18(26(33)29-2)30(16-19-4-6-20(27)7-5-19)25(32)17-31(22-10-8-21(28)9-11-22)37(34,35)24-14-12-23(36-3)13-15-24/h4-15,18H,16-17H2,1-3H3,(H,29,33). The maximum absolute atomic E-state index is 13.7. The van der Waals surface area contributed by atoms with Crippen LogP contribution in [-0.2, 0) is 26.2 Å². The number of hydrogen-bond acceptors (Lipinski definition) is 5. The van der Waals surface area contributed by atoms with Crippen molar-refractivity contribution in [2.45, 2.75) is 24.4 Å². The van der Waals surface area contributed by atoms with Gasteiger partial charge in [0, 0.05) is 18.6 Å². The van der Waals surface area contributed by atoms with E-state index in [0.29, 0.717) is 16.3 Å². The number of sulfonamides is 1. The Morgan fingerprint density at radius 3 is 2.14 bits per heavy atom. The largest absolute Gasteiger partial charge is 0.497 e. The van der Waals surface area contributed by atoms with Crippen LogP contribution in [0.25, 0.3) is 0 Å². The van der Waals surface area contributed by atoms with E-state index in [0.717, 1.165) is 16.4 Å². The Balaban J connectivity index is 2.01. The molecule has 0 aliphatic carbocycles. The van der Waals surface area contributed by atoms with Gasteiger partial charge < -0.3 is 15.0 Å². The summed E-state index contributed by atoms with van der Waals surface area (Å²) >= 11 is 5.97. The molecular formula is C26H27ClFN3O5S. The second-order valence-corrected chi connectivity index (χ2v) is 10.4. The third kappa shape index (κ3) is 6.78. The van der Waals surface area contributed by atoms with E-state index < -0.39 is 40.2 Å². The van der Waals surface area contributed by atoms with Gasteiger partial charge in [-0.1, -0.05) is 23.7 Å². The van der Waals surface area contributed by atoms with Crippen LogP contribution in [-0.4, -0.2) is 51.9 Å². The van der Waals surface area contributed by atoms with Gasteiger partial charge in [0.15, 0.2) is 0 Å². The monoisotopic (exact) mass is 547 g/mol. The summed E-state index contributed by atoms with van der Waals surface area (Å²) in [4.78, 5) is 27.3. The Hall–Kier alpha value is -3.63. The highest BCUT2D eigenvalue weighted by Crippen LogP contribution is 2.26. The lowest BCUT2D eigenvalue weighted by molar-refractivity contribution is -0.139. The van der Waals surface area contributed by atoms with E-state index in [1.807, 2.05) is 0 Å². The summed E-state index contributed by atoms with van der Waals surface area (Å²) in [5, 5.41) is 3.02. The zero-order chi connectivity index (χ0) is 27.2. The molecule has 0 aliphatic rings. The van der Waals surface area contributed by atoms with Crippen molar-refractivity contribution >= 4 is 39.1 Å². The molecule has 1 unspecified atom stereocenters. The number of nitrogens with one attached hydrogen (secondary N) is 1. The van der Waals surface area contributed by atoms with Gasteiger partial charge in [0.2, 0.25) is 11.8 Å². The van der Waals surface area contributed by atoms with Crippen LogP contribution >= 0.6 is 11.6 Å². The summed E-state index contributed by atoms with van der Waals surface area (Å²) in [6.45, 7) is 0.951. The van der Waals surface area contributed by atoms with Gasteiger partial charge in [-0.05, 0) is 73.2 Å². The van der Waals surface area contributed by atoms with Crippen molar-refractivity contribution in [3.63, 3.8) is 0 Å². The third-order valence-corrected chi connectivity index (χ3v) is 7.76. The molecule has 0 spiro atoms. The second-order valence-electron chi connectivity index (χ2n) is 8.10. The van der Waals surface area contributed by atoms with Gasteiger partial charge in [-0.3, -0.25) is 13.9 Å². The predicted octanol–water partition coefficient (Wildman–Crippen LogP) is 3.85. The molecule has 0 aliphatic heterocycles. The molecule has 3 aromatic rings. The Morgan fingerprint density at radius 1 is 1.00 bits per heavy atom. The van der Waals surface area contributed by atoms with E-state index in [4.69, 9.17) is 16.3 Å². The minimum atomic E-state index is -4.26. The van der Waals surface area contributed by atoms with Crippen LogP contribution in [0.3, 0.4) is 0 Å². The predicted molar refractivity (Wildman–Crippen MR) is 139 cm³/mol. The first-order chi connectivity index (χ1) is 17.6. The van der Waals surface area contributed by atoms with E-state index in [1.165, 1.54) is 55.5 Å². The van der Waals surface area contributed by atoms with Crippen LogP contribution in [0, 0.1) is 5.82 Å². The molecule has 0 bridgehead atoms. The highest BCUT2D eigenvalue weighted by Gasteiger charge is 2.32. The quantitative estimate of drug-likeness (QED) is 0.416. The highest BCUT2D eigenvalue weighted by molar-refractivity contribution is 7.92. The first kappa shape index (κ1) is 27.9. The fourth-order valence-electron chi connectivity index (χ4n) is 3.59. The number of rotatable bonds is 10. The zero-order valence-electron chi connectivity index (χ0n) is 20.5. The number of carbonyl (C=O) groups is 2. The van der Waals surface area contributed by atoms with Gasteiger partial charge in [0.1, 0.15) is 24.2 Å². The van der Waals surface area contributed by atoms with Crippen molar-refractivity contribution in [2.75, 3.05) is 25.0 Å². The summed E-state index contributed by atoms with van der Waals surface area (Å²) < 4.78 is 46.9. The minimum Gasteiger partial charge on any atom is -0.497 e. The van der Waals surface area contributed by atoms with Crippen molar-refractivity contribution in [3.05, 3.63) is 89.2 Å². The Labute approximate surface area is 220 Å². The highest BCUT2D eigenvalue weighted by atomic mass is 35.5. The van der Waals surface area contributed by atoms with Crippen molar-refractivity contribution in [2.24, 2.45) is 0 Å². The topological polar surface area (TPSA) is 96.0 Å². The second kappa shape index (κ2) is 12.1. The van der Waals surface area contributed by atoms with Gasteiger partial charge in [-0.25, -0.2) is 12.8 Å². The Kier molecular flexibility index (Phi) is 9.12. The molecular weight excluding hydrogens is 521 g/mol. The van der Waals surface area contributed by atoms with Crippen molar-refractivity contribution in [3.8, 4) is 5.75 Å². The van der Waals surface area contributed by atoms with Crippen LogP contribution in [0.5, 0.6) is 5.75 Å². The summed E-state index contributed by atoms with van der Waals surface area (Å²) in [6.07, 6.45) is 0. The maximum atomic E-state index is 13.7. The van der Waals surface area contributed by atoms with Gasteiger partial charge in [0.25, 0.3) is 10.0 Å². The van der Waals surface area contributed by atoms with Crippen LogP contribution in [0.2, 0.25) is 5.02 Å². The summed E-state index contributed by atoms with van der Waals surface area (Å²) in [7, 11) is -1.36. The molecule has 1 atom stereocenters. The lowest BCUT2D eigenvalue weighted by Gasteiger charge is -2.31. The number of nitrogens with zero attached hydrogens (tertiary/aromatic N) is 2. The first-order valence-electron chi connectivity index (χ1n) is 11.2. The SMILES string of the molecule is CNC(=O)C(C)N(Cc1ccc(Cl)cc1)C(=O)CN(c1ccc(F)cc1)S(=O)(=O)c1ccc(OC)cc1. The molecule has 1 N–H and O–H groups in total. The van der Waals surface area contributed by atoms with Crippen LogP contribution in [0.4, 0.5) is 10.1 Å². The number of likely N-dealkylation sites (N-methyl/N-ethyl adjacent to an activating group) is 1. The van der Waals surface area contributed by atoms with Gasteiger partial charge in [0.05, 0.1) is 17.7 Å². The van der Waals surface area contributed by atoms with Crippen LogP contribution in [0.1, 0.15) is 12.5 Å². The zero-order valence-corrected chi connectivity index (χ0v) is 22.1. The number of amides is 2. The number of methoxy groups -OCH3 is 1. The molecule has 11 heteroatoms. The molecule has 0 saturated carbocycles. The maximum Gasteiger partial charge on any atom is 0.264 e. The number of anilines is 1. The van der Waals surface area contributed by atoms with Crippen molar-refractivity contribution in [1.82, 2.24) is 10.2 Å². The number of carbonyl (C=O) groups excluding carboxylic acids is 2. The van der Waals surface area contributed by atoms with E-state index >= 15 is 0 Å². The average Bonchev–Trinajstić information content (AvgIpc) is 2.91. The fourth-order valence-corrected chi connectivity index (χ4v) is 5.13. The van der Waals surface area contributed by atoms with E-state index in [-0.39, 0.29) is 17.1 Å². The van der Waals surface area contributed by atoms with E-state index in [1.54, 1.807) is 31.2 Å². The van der Waals surface area contributed by atoms with Crippen LogP contribution in [0.15, 0.2) is 77.7 Å². The number of ether oxygens (including phenoxy) is 1. The molecule has 8 nitrogen and oxygen atoms in total. The minimum absolute atomic E-state index is 0.0322. The van der Waals surface area contributed by atoms with Gasteiger partial charge >= 0.3 is 0 Å². The average molecular weight is 548 g/mol. The van der Waals surface area contributed by atoms with Crippen molar-refractivity contribution in [1.29, 1.82) is 0 Å². The van der Waals surface area contributed by atoms with Gasteiger partial charge in [-0.15, -0.1) is 0 Å². The first-order valence-corrected chi connectivity index (χ1v) is 13.1. The molecule has 3 rings (SSSR count). The molecule has 0 aromatic heterocycles. The lowest BCUT2D eigenvalue weighted by atomic mass is 10.1. The molecule has 0 fully saturated rings. The number of hydrogen-bond donors (Lipinski definition) is 1. The summed E-state index contributed by atoms with van der Waals surface area (Å²) in [5.41, 5.74) is 0.782.